The molecule has 0 saturated carbocycles. The summed E-state index contributed by atoms with van der Waals surface area (Å²) in [5.41, 5.74) is 2.18. The Kier molecular flexibility index (Phi) is 5.90. The van der Waals surface area contributed by atoms with Crippen molar-refractivity contribution in [3.05, 3.63) is 34.8 Å². The molecule has 2 heterocycles. The van der Waals surface area contributed by atoms with Crippen molar-refractivity contribution < 1.29 is 19.4 Å². The van der Waals surface area contributed by atoms with Gasteiger partial charge in [-0.05, 0) is 32.0 Å². The van der Waals surface area contributed by atoms with Crippen molar-refractivity contribution in [3.63, 3.8) is 0 Å². The monoisotopic (exact) mass is 418 g/mol. The Balaban J connectivity index is 1.87. The molecule has 0 aliphatic heterocycles. The van der Waals surface area contributed by atoms with Crippen molar-refractivity contribution >= 4 is 50.5 Å². The zero-order valence-corrected chi connectivity index (χ0v) is 17.0. The van der Waals surface area contributed by atoms with Gasteiger partial charge in [0.1, 0.15) is 5.75 Å². The van der Waals surface area contributed by atoms with Gasteiger partial charge in [0.05, 0.1) is 34.1 Å². The summed E-state index contributed by atoms with van der Waals surface area (Å²) >= 11 is 2.73. The van der Waals surface area contributed by atoms with Crippen LogP contribution < -0.4 is 15.4 Å². The molecule has 0 radical (unpaired) electrons. The van der Waals surface area contributed by atoms with Crippen LogP contribution in [0.25, 0.3) is 10.6 Å². The topological polar surface area (TPSA) is 113 Å². The van der Waals surface area contributed by atoms with Gasteiger partial charge in [-0.3, -0.25) is 4.79 Å². The molecule has 28 heavy (non-hydrogen) atoms. The molecule has 146 valence electrons. The Morgan fingerprint density at radius 2 is 2.04 bits per heavy atom. The highest BCUT2D eigenvalue weighted by Gasteiger charge is 2.15. The maximum absolute atomic E-state index is 11.3. The first-order valence-corrected chi connectivity index (χ1v) is 10.0. The first kappa shape index (κ1) is 19.8. The van der Waals surface area contributed by atoms with Crippen molar-refractivity contribution in [2.75, 3.05) is 17.2 Å². The van der Waals surface area contributed by atoms with E-state index >= 15 is 0 Å². The second-order valence-corrected chi connectivity index (χ2v) is 7.58. The highest BCUT2D eigenvalue weighted by molar-refractivity contribution is 7.20. The van der Waals surface area contributed by atoms with E-state index in [0.29, 0.717) is 28.3 Å². The molecular weight excluding hydrogens is 400 g/mol. The van der Waals surface area contributed by atoms with Crippen LogP contribution in [0, 0.1) is 6.92 Å². The van der Waals surface area contributed by atoms with Gasteiger partial charge in [-0.25, -0.2) is 14.8 Å². The molecule has 8 nitrogen and oxygen atoms in total. The normalized spacial score (nSPS) is 10.5. The number of nitrogens with zero attached hydrogens (tertiary/aromatic N) is 2. The molecule has 0 fully saturated rings. The Morgan fingerprint density at radius 1 is 1.25 bits per heavy atom. The summed E-state index contributed by atoms with van der Waals surface area (Å²) in [5, 5.41) is 18.0. The number of nitrogens with one attached hydrogen (secondary N) is 2. The fourth-order valence-electron chi connectivity index (χ4n) is 2.43. The Labute approximate surface area is 169 Å². The zero-order valence-electron chi connectivity index (χ0n) is 15.4. The number of aryl methyl sites for hydroxylation is 1. The molecule has 3 rings (SSSR count). The number of carbonyl (C=O) groups excluding carboxylic acids is 1. The maximum atomic E-state index is 11.3. The van der Waals surface area contributed by atoms with Crippen LogP contribution in [0.1, 0.15) is 29.9 Å². The molecule has 3 N–H and O–H groups in total. The summed E-state index contributed by atoms with van der Waals surface area (Å²) in [6.45, 7) is 5.60. The van der Waals surface area contributed by atoms with Gasteiger partial charge in [0.2, 0.25) is 5.91 Å². The Hall–Kier alpha value is -2.98. The number of carboxylic acid groups (broad SMARTS) is 1. The van der Waals surface area contributed by atoms with Crippen LogP contribution in [0.5, 0.6) is 5.75 Å². The minimum absolute atomic E-state index is 0.154. The van der Waals surface area contributed by atoms with Gasteiger partial charge < -0.3 is 20.5 Å². The second kappa shape index (κ2) is 8.36. The number of rotatable bonds is 7. The van der Waals surface area contributed by atoms with Crippen molar-refractivity contribution in [3.8, 4) is 16.3 Å². The first-order chi connectivity index (χ1) is 13.4. The van der Waals surface area contributed by atoms with E-state index in [9.17, 15) is 14.7 Å². The molecule has 3 aromatic rings. The molecule has 0 atom stereocenters. The molecule has 0 bridgehead atoms. The van der Waals surface area contributed by atoms with Gasteiger partial charge in [0.25, 0.3) is 0 Å². The van der Waals surface area contributed by atoms with Gasteiger partial charge in [-0.2, -0.15) is 0 Å². The lowest BCUT2D eigenvalue weighted by atomic mass is 10.2. The number of hydrogen-bond acceptors (Lipinski definition) is 8. The predicted octanol–water partition coefficient (Wildman–Crippen LogP) is 4.37. The van der Waals surface area contributed by atoms with Gasteiger partial charge in [-0.15, -0.1) is 11.3 Å². The van der Waals surface area contributed by atoms with Crippen LogP contribution in [0.15, 0.2) is 23.6 Å². The summed E-state index contributed by atoms with van der Waals surface area (Å²) in [7, 11) is 0. The summed E-state index contributed by atoms with van der Waals surface area (Å²) in [6, 6.07) is 4.63. The van der Waals surface area contributed by atoms with Crippen molar-refractivity contribution in [2.45, 2.75) is 20.8 Å². The molecule has 1 aromatic carbocycles. The van der Waals surface area contributed by atoms with E-state index in [4.69, 9.17) is 4.74 Å². The highest BCUT2D eigenvalue weighted by atomic mass is 32.1. The lowest BCUT2D eigenvalue weighted by Crippen LogP contribution is -2.04. The molecule has 0 saturated heterocycles. The number of carboxylic acids is 1. The van der Waals surface area contributed by atoms with E-state index in [1.807, 2.05) is 19.2 Å². The number of carbonyl (C=O) groups is 2. The van der Waals surface area contributed by atoms with Crippen LogP contribution in [0.4, 0.5) is 16.0 Å². The van der Waals surface area contributed by atoms with E-state index in [2.05, 4.69) is 20.6 Å². The number of benzene rings is 1. The minimum atomic E-state index is -1.02. The third-order valence-electron chi connectivity index (χ3n) is 3.58. The quantitative estimate of drug-likeness (QED) is 0.522. The zero-order chi connectivity index (χ0) is 20.3. The minimum Gasteiger partial charge on any atom is -0.492 e. The second-order valence-electron chi connectivity index (χ2n) is 5.73. The van der Waals surface area contributed by atoms with Crippen LogP contribution in [0.3, 0.4) is 0 Å². The fraction of sp³-hybridized carbons (Fsp3) is 0.222. The van der Waals surface area contributed by atoms with Gasteiger partial charge >= 0.3 is 5.97 Å². The first-order valence-electron chi connectivity index (χ1n) is 8.35. The number of ether oxygens (including phenoxy) is 1. The smallest absolute Gasteiger partial charge is 0.335 e. The molecule has 0 aliphatic rings. The molecule has 0 aliphatic carbocycles. The number of aromatic carboxylic acids is 1. The summed E-state index contributed by atoms with van der Waals surface area (Å²) in [4.78, 5) is 32.2. The van der Waals surface area contributed by atoms with Crippen molar-refractivity contribution in [2.24, 2.45) is 0 Å². The van der Waals surface area contributed by atoms with Gasteiger partial charge in [0, 0.05) is 12.3 Å². The van der Waals surface area contributed by atoms with E-state index < -0.39 is 5.97 Å². The fourth-order valence-corrected chi connectivity index (χ4v) is 4.19. The SMILES string of the molecule is CCOc1ccc(C(=O)O)cc1Nc1nc(-c2sc(NC(C)=O)nc2C)cs1. The standard InChI is InChI=1S/C18H18N4O4S2/c1-4-26-14-6-5-11(16(24)25)7-12(14)21-17-22-13(8-27-17)15-9(2)19-18(28-15)20-10(3)23/h5-8H,4H2,1-3H3,(H,21,22)(H,24,25)(H,19,20,23). The lowest BCUT2D eigenvalue weighted by molar-refractivity contribution is -0.114. The van der Waals surface area contributed by atoms with E-state index in [0.717, 1.165) is 16.3 Å². The van der Waals surface area contributed by atoms with E-state index in [1.165, 1.54) is 41.7 Å². The summed E-state index contributed by atoms with van der Waals surface area (Å²) < 4.78 is 5.57. The molecule has 0 spiro atoms. The third kappa shape index (κ3) is 4.46. The van der Waals surface area contributed by atoms with Crippen LogP contribution in [-0.2, 0) is 4.79 Å². The van der Waals surface area contributed by atoms with Gasteiger partial charge in [-0.1, -0.05) is 11.3 Å². The molecule has 0 unspecified atom stereocenters. The number of aromatic nitrogens is 2. The number of hydrogen-bond donors (Lipinski definition) is 3. The molecule has 1 amide bonds. The van der Waals surface area contributed by atoms with Gasteiger partial charge in [0.15, 0.2) is 10.3 Å². The number of amides is 1. The average molecular weight is 419 g/mol. The van der Waals surface area contributed by atoms with Crippen molar-refractivity contribution in [1.82, 2.24) is 9.97 Å². The number of anilines is 3. The third-order valence-corrected chi connectivity index (χ3v) is 5.44. The van der Waals surface area contributed by atoms with E-state index in [-0.39, 0.29) is 11.5 Å². The predicted molar refractivity (Wildman–Crippen MR) is 110 cm³/mol. The highest BCUT2D eigenvalue weighted by Crippen LogP contribution is 2.36. The molecular formula is C18H18N4O4S2. The average Bonchev–Trinajstić information content (AvgIpc) is 3.22. The maximum Gasteiger partial charge on any atom is 0.335 e. The van der Waals surface area contributed by atoms with Crippen LogP contribution in [-0.4, -0.2) is 33.6 Å². The van der Waals surface area contributed by atoms with E-state index in [1.54, 1.807) is 6.07 Å². The van der Waals surface area contributed by atoms with Crippen LogP contribution >= 0.6 is 22.7 Å². The Morgan fingerprint density at radius 3 is 2.71 bits per heavy atom. The lowest BCUT2D eigenvalue weighted by Gasteiger charge is -2.11. The number of thiazole rings is 2. The Bertz CT molecular complexity index is 1030. The van der Waals surface area contributed by atoms with Crippen molar-refractivity contribution in [1.29, 1.82) is 0 Å². The largest absolute Gasteiger partial charge is 0.492 e. The molecule has 2 aromatic heterocycles. The van der Waals surface area contributed by atoms with Crippen LogP contribution in [0.2, 0.25) is 0 Å². The summed E-state index contributed by atoms with van der Waals surface area (Å²) in [5.74, 6) is -0.648. The molecule has 10 heteroatoms. The summed E-state index contributed by atoms with van der Waals surface area (Å²) in [6.07, 6.45) is 0.